The monoisotopic (exact) mass is 173 g/mol. The molecule has 0 N–H and O–H groups in total. The number of hydrogen-bond acceptors (Lipinski definition) is 3. The van der Waals surface area contributed by atoms with E-state index < -0.39 is 0 Å². The summed E-state index contributed by atoms with van der Waals surface area (Å²) >= 11 is 10.9. The SMILES string of the molecule is N#Cc1nnc(Cl)cc1Cl. The molecule has 50 valence electrons. The zero-order valence-electron chi connectivity index (χ0n) is 4.67. The lowest BCUT2D eigenvalue weighted by Crippen LogP contribution is -1.87. The average Bonchev–Trinajstić information content (AvgIpc) is 1.88. The van der Waals surface area contributed by atoms with Crippen LogP contribution in [0.25, 0.3) is 0 Å². The molecule has 1 aromatic rings. The zero-order valence-corrected chi connectivity index (χ0v) is 6.19. The number of aromatic nitrogens is 2. The van der Waals surface area contributed by atoms with Crippen molar-refractivity contribution < 1.29 is 0 Å². The first-order valence-corrected chi connectivity index (χ1v) is 3.08. The predicted molar refractivity (Wildman–Crippen MR) is 36.8 cm³/mol. The standard InChI is InChI=1S/C5HCl2N3/c6-3-1-5(7)10-9-4(3)2-8/h1H. The Kier molecular flexibility index (Phi) is 2.05. The Labute approximate surface area is 67.2 Å². The molecule has 3 nitrogen and oxygen atoms in total. The van der Waals surface area contributed by atoms with Gasteiger partial charge in [-0.15, -0.1) is 10.2 Å². The molecule has 0 bridgehead atoms. The summed E-state index contributed by atoms with van der Waals surface area (Å²) in [5.74, 6) is 0. The fourth-order valence-corrected chi connectivity index (χ4v) is 0.809. The van der Waals surface area contributed by atoms with Crippen molar-refractivity contribution >= 4 is 23.2 Å². The molecular formula is C5HCl2N3. The van der Waals surface area contributed by atoms with Crippen LogP contribution in [0.15, 0.2) is 6.07 Å². The molecule has 0 atom stereocenters. The van der Waals surface area contributed by atoms with Crippen LogP contribution in [0, 0.1) is 11.3 Å². The first-order valence-electron chi connectivity index (χ1n) is 2.33. The molecule has 1 heterocycles. The number of halogens is 2. The minimum Gasteiger partial charge on any atom is -0.191 e. The minimum atomic E-state index is 0.0890. The second-order valence-electron chi connectivity index (χ2n) is 1.48. The number of rotatable bonds is 0. The van der Waals surface area contributed by atoms with E-state index in [9.17, 15) is 0 Å². The lowest BCUT2D eigenvalue weighted by molar-refractivity contribution is 1.01. The highest BCUT2D eigenvalue weighted by atomic mass is 35.5. The molecule has 0 aliphatic heterocycles. The molecule has 0 aliphatic rings. The molecule has 0 radical (unpaired) electrons. The molecule has 10 heavy (non-hydrogen) atoms. The van der Waals surface area contributed by atoms with Gasteiger partial charge in [0.05, 0.1) is 5.02 Å². The molecule has 0 saturated carbocycles. The third-order valence-corrected chi connectivity index (χ3v) is 1.30. The highest BCUT2D eigenvalue weighted by Gasteiger charge is 2.00. The summed E-state index contributed by atoms with van der Waals surface area (Å²) in [6.07, 6.45) is 0. The van der Waals surface area contributed by atoms with Crippen LogP contribution in [-0.2, 0) is 0 Å². The van der Waals surface area contributed by atoms with Crippen LogP contribution in [0.3, 0.4) is 0 Å². The molecule has 0 aromatic carbocycles. The van der Waals surface area contributed by atoms with E-state index in [1.54, 1.807) is 6.07 Å². The van der Waals surface area contributed by atoms with Gasteiger partial charge >= 0.3 is 0 Å². The van der Waals surface area contributed by atoms with E-state index in [1.807, 2.05) is 0 Å². The van der Waals surface area contributed by atoms with Crippen molar-refractivity contribution in [3.05, 3.63) is 21.9 Å². The first-order chi connectivity index (χ1) is 4.74. The molecule has 0 aliphatic carbocycles. The lowest BCUT2D eigenvalue weighted by Gasteiger charge is -1.90. The Morgan fingerprint density at radius 2 is 2.10 bits per heavy atom. The van der Waals surface area contributed by atoms with E-state index in [0.717, 1.165) is 0 Å². The summed E-state index contributed by atoms with van der Waals surface area (Å²) in [7, 11) is 0. The van der Waals surface area contributed by atoms with Crippen molar-refractivity contribution in [3.8, 4) is 6.07 Å². The van der Waals surface area contributed by atoms with E-state index >= 15 is 0 Å². The van der Waals surface area contributed by atoms with Crippen molar-refractivity contribution in [2.75, 3.05) is 0 Å². The third kappa shape index (κ3) is 1.35. The van der Waals surface area contributed by atoms with Gasteiger partial charge in [0.15, 0.2) is 10.8 Å². The fourth-order valence-electron chi connectivity index (χ4n) is 0.423. The summed E-state index contributed by atoms with van der Waals surface area (Å²) in [6, 6.07) is 3.13. The van der Waals surface area contributed by atoms with Crippen molar-refractivity contribution in [2.45, 2.75) is 0 Å². The van der Waals surface area contributed by atoms with Crippen molar-refractivity contribution in [1.29, 1.82) is 5.26 Å². The highest BCUT2D eigenvalue weighted by molar-refractivity contribution is 6.34. The minimum absolute atomic E-state index is 0.0890. The second-order valence-corrected chi connectivity index (χ2v) is 2.27. The summed E-state index contributed by atoms with van der Waals surface area (Å²) in [5, 5.41) is 15.6. The largest absolute Gasteiger partial charge is 0.191 e. The van der Waals surface area contributed by atoms with Gasteiger partial charge in [-0.25, -0.2) is 0 Å². The maximum atomic E-state index is 8.33. The Bertz CT molecular complexity index is 291. The Balaban J connectivity index is 3.23. The molecule has 0 fully saturated rings. The molecule has 0 unspecified atom stereocenters. The molecule has 1 rings (SSSR count). The van der Waals surface area contributed by atoms with Crippen molar-refractivity contribution in [2.24, 2.45) is 0 Å². The second kappa shape index (κ2) is 2.82. The maximum Gasteiger partial charge on any atom is 0.181 e. The number of nitrogens with zero attached hydrogens (tertiary/aromatic N) is 3. The van der Waals surface area contributed by atoms with E-state index in [0.29, 0.717) is 0 Å². The molecular weight excluding hydrogens is 173 g/mol. The predicted octanol–water partition coefficient (Wildman–Crippen LogP) is 1.66. The van der Waals surface area contributed by atoms with E-state index in [2.05, 4.69) is 10.2 Å². The average molecular weight is 174 g/mol. The van der Waals surface area contributed by atoms with E-state index in [-0.39, 0.29) is 15.9 Å². The van der Waals surface area contributed by atoms with E-state index in [4.69, 9.17) is 28.5 Å². The van der Waals surface area contributed by atoms with Crippen LogP contribution >= 0.6 is 23.2 Å². The van der Waals surface area contributed by atoms with Crippen LogP contribution in [0.1, 0.15) is 5.69 Å². The van der Waals surface area contributed by atoms with Crippen molar-refractivity contribution in [1.82, 2.24) is 10.2 Å². The zero-order chi connectivity index (χ0) is 7.56. The molecule has 0 saturated heterocycles. The smallest absolute Gasteiger partial charge is 0.181 e. The van der Waals surface area contributed by atoms with Gasteiger partial charge in [0, 0.05) is 0 Å². The molecule has 0 spiro atoms. The lowest BCUT2D eigenvalue weighted by atomic mass is 10.4. The fraction of sp³-hybridized carbons (Fsp3) is 0. The van der Waals surface area contributed by atoms with Crippen LogP contribution in [0.2, 0.25) is 10.2 Å². The van der Waals surface area contributed by atoms with Crippen LogP contribution in [-0.4, -0.2) is 10.2 Å². The topological polar surface area (TPSA) is 49.6 Å². The van der Waals surface area contributed by atoms with Crippen LogP contribution in [0.4, 0.5) is 0 Å². The van der Waals surface area contributed by atoms with E-state index in [1.165, 1.54) is 6.07 Å². The Morgan fingerprint density at radius 1 is 1.40 bits per heavy atom. The van der Waals surface area contributed by atoms with Gasteiger partial charge < -0.3 is 0 Å². The summed E-state index contributed by atoms with van der Waals surface area (Å²) in [6.45, 7) is 0. The molecule has 1 aromatic heterocycles. The quantitative estimate of drug-likeness (QED) is 0.600. The Morgan fingerprint density at radius 3 is 2.60 bits per heavy atom. The first kappa shape index (κ1) is 7.26. The number of hydrogen-bond donors (Lipinski definition) is 0. The number of nitriles is 1. The van der Waals surface area contributed by atoms with Gasteiger partial charge in [-0.05, 0) is 6.07 Å². The summed E-state index contributed by atoms with van der Waals surface area (Å²) in [5.41, 5.74) is 0.0890. The van der Waals surface area contributed by atoms with Gasteiger partial charge in [0.1, 0.15) is 6.07 Å². The van der Waals surface area contributed by atoms with Crippen LogP contribution in [0.5, 0.6) is 0 Å². The van der Waals surface area contributed by atoms with Crippen LogP contribution < -0.4 is 0 Å². The Hall–Kier alpha value is -0.850. The van der Waals surface area contributed by atoms with Gasteiger partial charge in [-0.2, -0.15) is 5.26 Å². The third-order valence-electron chi connectivity index (χ3n) is 0.823. The summed E-state index contributed by atoms with van der Waals surface area (Å²) in [4.78, 5) is 0. The highest BCUT2D eigenvalue weighted by Crippen LogP contribution is 2.14. The molecule has 5 heteroatoms. The normalized spacial score (nSPS) is 8.90. The van der Waals surface area contributed by atoms with Gasteiger partial charge in [-0.1, -0.05) is 23.2 Å². The summed E-state index contributed by atoms with van der Waals surface area (Å²) < 4.78 is 0. The van der Waals surface area contributed by atoms with Gasteiger partial charge in [-0.3, -0.25) is 0 Å². The van der Waals surface area contributed by atoms with Gasteiger partial charge in [0.25, 0.3) is 0 Å². The maximum absolute atomic E-state index is 8.33. The van der Waals surface area contributed by atoms with Gasteiger partial charge in [0.2, 0.25) is 0 Å². The van der Waals surface area contributed by atoms with Crippen molar-refractivity contribution in [3.63, 3.8) is 0 Å². The molecule has 0 amide bonds.